The van der Waals surface area contributed by atoms with Crippen LogP contribution in [-0.2, 0) is 14.4 Å². The van der Waals surface area contributed by atoms with Crippen LogP contribution < -0.4 is 5.32 Å². The SMILES string of the molecule is CC(=O)N[C@](O)(C=O)[C@@H](O)[C@H](O)[C@H](O)CO[N+](=O)[O-]. The molecule has 0 aliphatic carbocycles. The van der Waals surface area contributed by atoms with Gasteiger partial charge in [0.1, 0.15) is 24.9 Å². The third-order valence-electron chi connectivity index (χ3n) is 2.08. The number of hydrogen-bond acceptors (Lipinski definition) is 9. The highest BCUT2D eigenvalue weighted by Crippen LogP contribution is 2.12. The Hall–Kier alpha value is -1.82. The van der Waals surface area contributed by atoms with Gasteiger partial charge in [0.25, 0.3) is 5.09 Å². The van der Waals surface area contributed by atoms with E-state index in [1.165, 1.54) is 0 Å². The summed E-state index contributed by atoms with van der Waals surface area (Å²) in [5.41, 5.74) is -2.85. The molecule has 0 aromatic rings. The fourth-order valence-corrected chi connectivity index (χ4v) is 1.16. The van der Waals surface area contributed by atoms with E-state index in [2.05, 4.69) is 4.84 Å². The summed E-state index contributed by atoms with van der Waals surface area (Å²) in [7, 11) is 0. The Morgan fingerprint density at radius 2 is 2.05 bits per heavy atom. The van der Waals surface area contributed by atoms with Gasteiger partial charge in [-0.25, -0.2) is 0 Å². The first-order valence-electron chi connectivity index (χ1n) is 4.93. The predicted molar refractivity (Wildman–Crippen MR) is 55.8 cm³/mol. The molecule has 0 aromatic carbocycles. The normalized spacial score (nSPS) is 18.6. The summed E-state index contributed by atoms with van der Waals surface area (Å²) < 4.78 is 0. The van der Waals surface area contributed by atoms with Crippen molar-refractivity contribution in [1.29, 1.82) is 0 Å². The van der Waals surface area contributed by atoms with Crippen LogP contribution in [-0.4, -0.2) is 68.3 Å². The van der Waals surface area contributed by atoms with E-state index in [0.29, 0.717) is 0 Å². The molecule has 19 heavy (non-hydrogen) atoms. The van der Waals surface area contributed by atoms with Gasteiger partial charge < -0.3 is 30.6 Å². The maximum absolute atomic E-state index is 10.7. The highest BCUT2D eigenvalue weighted by Gasteiger charge is 2.43. The van der Waals surface area contributed by atoms with Crippen LogP contribution in [0.15, 0.2) is 0 Å². The number of aldehydes is 1. The van der Waals surface area contributed by atoms with Crippen LogP contribution in [0.5, 0.6) is 0 Å². The number of aliphatic hydroxyl groups excluding tert-OH is 3. The van der Waals surface area contributed by atoms with Crippen molar-refractivity contribution >= 4 is 12.2 Å². The summed E-state index contributed by atoms with van der Waals surface area (Å²) in [6.45, 7) is -0.0694. The van der Waals surface area contributed by atoms with Crippen molar-refractivity contribution in [2.24, 2.45) is 0 Å². The molecule has 4 atom stereocenters. The monoisotopic (exact) mass is 282 g/mol. The molecule has 0 fully saturated rings. The van der Waals surface area contributed by atoms with E-state index in [1.54, 1.807) is 5.32 Å². The Bertz CT molecular complexity index is 349. The second-order valence-electron chi connectivity index (χ2n) is 3.65. The molecule has 0 radical (unpaired) electrons. The standard InChI is InChI=1S/C8H14N2O9/c1-4(12)9-8(16,3-11)7(15)6(14)5(13)2-19-10(17)18/h3,5-7,13-16H,2H2,1H3,(H,9,12)/t5-,6-,7+,8+/m1/s1. The lowest BCUT2D eigenvalue weighted by Crippen LogP contribution is -2.63. The van der Waals surface area contributed by atoms with E-state index in [9.17, 15) is 40.1 Å². The molecule has 5 N–H and O–H groups in total. The van der Waals surface area contributed by atoms with Gasteiger partial charge in [-0.3, -0.25) is 9.59 Å². The second kappa shape index (κ2) is 6.94. The Kier molecular flexibility index (Phi) is 6.27. The van der Waals surface area contributed by atoms with Gasteiger partial charge in [-0.15, -0.1) is 10.1 Å². The minimum Gasteiger partial charge on any atom is -0.388 e. The van der Waals surface area contributed by atoms with Crippen molar-refractivity contribution in [3.05, 3.63) is 10.1 Å². The van der Waals surface area contributed by atoms with Crippen LogP contribution in [0.4, 0.5) is 0 Å². The van der Waals surface area contributed by atoms with E-state index >= 15 is 0 Å². The van der Waals surface area contributed by atoms with Gasteiger partial charge in [-0.2, -0.15) is 0 Å². The molecule has 0 bridgehead atoms. The number of nitrogens with zero attached hydrogens (tertiary/aromatic N) is 1. The van der Waals surface area contributed by atoms with Gasteiger partial charge in [-0.05, 0) is 0 Å². The number of carbonyl (C=O) groups is 2. The van der Waals surface area contributed by atoms with E-state index in [4.69, 9.17) is 0 Å². The van der Waals surface area contributed by atoms with E-state index in [0.717, 1.165) is 6.92 Å². The molecular weight excluding hydrogens is 268 g/mol. The van der Waals surface area contributed by atoms with Gasteiger partial charge in [0.15, 0.2) is 6.29 Å². The van der Waals surface area contributed by atoms with Crippen molar-refractivity contribution < 1.29 is 39.9 Å². The highest BCUT2D eigenvalue weighted by atomic mass is 17.0. The lowest BCUT2D eigenvalue weighted by atomic mass is 9.98. The first-order valence-corrected chi connectivity index (χ1v) is 4.93. The molecule has 0 aliphatic heterocycles. The van der Waals surface area contributed by atoms with Crippen molar-refractivity contribution in [3.63, 3.8) is 0 Å². The zero-order valence-corrected chi connectivity index (χ0v) is 9.79. The molecule has 0 saturated heterocycles. The number of carbonyl (C=O) groups excluding carboxylic acids is 2. The van der Waals surface area contributed by atoms with E-state index in [-0.39, 0.29) is 6.29 Å². The number of hydrogen-bond donors (Lipinski definition) is 5. The third-order valence-corrected chi connectivity index (χ3v) is 2.08. The average Bonchev–Trinajstić information content (AvgIpc) is 2.32. The van der Waals surface area contributed by atoms with Crippen LogP contribution in [0.3, 0.4) is 0 Å². The number of nitrogens with one attached hydrogen (secondary N) is 1. The third kappa shape index (κ3) is 5.13. The van der Waals surface area contributed by atoms with Crippen molar-refractivity contribution in [2.45, 2.75) is 31.0 Å². The van der Waals surface area contributed by atoms with Crippen LogP contribution >= 0.6 is 0 Å². The Labute approximate surface area is 106 Å². The minimum atomic E-state index is -2.85. The fourth-order valence-electron chi connectivity index (χ4n) is 1.16. The predicted octanol–water partition coefficient (Wildman–Crippen LogP) is -3.70. The quantitative estimate of drug-likeness (QED) is 0.129. The van der Waals surface area contributed by atoms with Crippen molar-refractivity contribution in [2.75, 3.05) is 6.61 Å². The molecule has 110 valence electrons. The number of amides is 1. The minimum absolute atomic E-state index is 0.261. The second-order valence-corrected chi connectivity index (χ2v) is 3.65. The van der Waals surface area contributed by atoms with E-state index < -0.39 is 41.6 Å². The Morgan fingerprint density at radius 1 is 1.53 bits per heavy atom. The molecule has 0 rings (SSSR count). The van der Waals surface area contributed by atoms with Gasteiger partial charge >= 0.3 is 0 Å². The molecule has 11 nitrogen and oxygen atoms in total. The fraction of sp³-hybridized carbons (Fsp3) is 0.750. The van der Waals surface area contributed by atoms with Crippen molar-refractivity contribution in [1.82, 2.24) is 5.32 Å². The molecule has 0 spiro atoms. The summed E-state index contributed by atoms with van der Waals surface area (Å²) in [6.07, 6.45) is -6.73. The maximum atomic E-state index is 10.7. The summed E-state index contributed by atoms with van der Waals surface area (Å²) in [5.74, 6) is -0.892. The molecule has 0 aromatic heterocycles. The van der Waals surface area contributed by atoms with Crippen LogP contribution in [0.1, 0.15) is 6.92 Å². The Morgan fingerprint density at radius 3 is 2.42 bits per heavy atom. The largest absolute Gasteiger partial charge is 0.388 e. The molecule has 0 aliphatic rings. The van der Waals surface area contributed by atoms with Crippen LogP contribution in [0.2, 0.25) is 0 Å². The van der Waals surface area contributed by atoms with Crippen LogP contribution in [0.25, 0.3) is 0 Å². The lowest BCUT2D eigenvalue weighted by molar-refractivity contribution is -0.759. The molecular formula is C8H14N2O9. The first kappa shape index (κ1) is 17.2. The number of rotatable bonds is 8. The number of aliphatic hydroxyl groups is 4. The summed E-state index contributed by atoms with van der Waals surface area (Å²) in [4.78, 5) is 35.0. The molecule has 1 amide bonds. The van der Waals surface area contributed by atoms with Gasteiger partial charge in [0.2, 0.25) is 11.6 Å². The zero-order valence-electron chi connectivity index (χ0n) is 9.79. The molecule has 0 unspecified atom stereocenters. The van der Waals surface area contributed by atoms with Gasteiger partial charge in [-0.1, -0.05) is 0 Å². The topological polar surface area (TPSA) is 179 Å². The average molecular weight is 282 g/mol. The maximum Gasteiger partial charge on any atom is 0.294 e. The summed E-state index contributed by atoms with van der Waals surface area (Å²) in [5, 5.41) is 48.0. The smallest absolute Gasteiger partial charge is 0.294 e. The zero-order chi connectivity index (χ0) is 15.2. The van der Waals surface area contributed by atoms with Gasteiger partial charge in [0.05, 0.1) is 0 Å². The van der Waals surface area contributed by atoms with Crippen LogP contribution in [0, 0.1) is 10.1 Å². The van der Waals surface area contributed by atoms with Gasteiger partial charge in [0, 0.05) is 6.92 Å². The first-order chi connectivity index (χ1) is 8.64. The van der Waals surface area contributed by atoms with Crippen molar-refractivity contribution in [3.8, 4) is 0 Å². The highest BCUT2D eigenvalue weighted by molar-refractivity contribution is 5.79. The summed E-state index contributed by atoms with van der Waals surface area (Å²) >= 11 is 0. The molecule has 0 saturated carbocycles. The van der Waals surface area contributed by atoms with E-state index in [1.807, 2.05) is 0 Å². The lowest BCUT2D eigenvalue weighted by Gasteiger charge is -2.32. The molecule has 11 heteroatoms. The summed E-state index contributed by atoms with van der Waals surface area (Å²) in [6, 6.07) is 0. The Balaban J connectivity index is 4.75. The molecule has 0 heterocycles.